The first-order valence-electron chi connectivity index (χ1n) is 11.9. The molecule has 1 fully saturated rings. The molecule has 1 aromatic rings. The molecule has 0 amide bonds. The summed E-state index contributed by atoms with van der Waals surface area (Å²) < 4.78 is 5.99. The maximum absolute atomic E-state index is 9.67. The molecule has 0 bridgehead atoms. The van der Waals surface area contributed by atoms with Gasteiger partial charge in [-0.3, -0.25) is 10.2 Å². The van der Waals surface area contributed by atoms with E-state index in [0.29, 0.717) is 31.7 Å². The normalized spacial score (nSPS) is 22.2. The summed E-state index contributed by atoms with van der Waals surface area (Å²) in [5.74, 6) is 1.79. The van der Waals surface area contributed by atoms with Crippen molar-refractivity contribution in [3.8, 4) is 0 Å². The third-order valence-corrected chi connectivity index (χ3v) is 6.83. The Labute approximate surface area is 187 Å². The van der Waals surface area contributed by atoms with Gasteiger partial charge in [-0.15, -0.1) is 0 Å². The van der Waals surface area contributed by atoms with E-state index < -0.39 is 6.29 Å². The topological polar surface area (TPSA) is 89.9 Å². The Hall–Kier alpha value is -1.25. The number of ether oxygens (including phenoxy) is 1. The average molecular weight is 435 g/mol. The molecular formula is C24H42N4O3. The number of aliphatic hydroxyl groups excluding tert-OH is 1. The van der Waals surface area contributed by atoms with Crippen LogP contribution in [0.15, 0.2) is 12.1 Å². The van der Waals surface area contributed by atoms with Gasteiger partial charge in [-0.1, -0.05) is 6.07 Å². The van der Waals surface area contributed by atoms with Gasteiger partial charge in [-0.25, -0.2) is 4.98 Å². The van der Waals surface area contributed by atoms with Gasteiger partial charge >= 0.3 is 0 Å². The van der Waals surface area contributed by atoms with E-state index in [9.17, 15) is 10.2 Å². The first kappa shape index (κ1) is 24.4. The second-order valence-electron chi connectivity index (χ2n) is 10.2. The fourth-order valence-corrected chi connectivity index (χ4v) is 4.12. The predicted octanol–water partition coefficient (Wildman–Crippen LogP) is 2.51. The summed E-state index contributed by atoms with van der Waals surface area (Å²) in [6.07, 6.45) is 6.20. The number of aryl methyl sites for hydroxylation is 2. The molecule has 1 aliphatic carbocycles. The molecule has 0 aromatic carbocycles. The van der Waals surface area contributed by atoms with Crippen molar-refractivity contribution in [1.29, 1.82) is 0 Å². The number of rotatable bonds is 11. The van der Waals surface area contributed by atoms with E-state index in [1.807, 2.05) is 7.05 Å². The van der Waals surface area contributed by atoms with Gasteiger partial charge in [0, 0.05) is 31.1 Å². The summed E-state index contributed by atoms with van der Waals surface area (Å²) >= 11 is 0. The van der Waals surface area contributed by atoms with E-state index in [0.717, 1.165) is 44.5 Å². The Morgan fingerprint density at radius 1 is 1.29 bits per heavy atom. The Bertz CT molecular complexity index is 686. The zero-order valence-corrected chi connectivity index (χ0v) is 19.7. The Morgan fingerprint density at radius 2 is 2.06 bits per heavy atom. The molecule has 1 saturated carbocycles. The Kier molecular flexibility index (Phi) is 8.70. The molecule has 1 aliphatic heterocycles. The molecule has 3 rings (SSSR count). The van der Waals surface area contributed by atoms with Crippen molar-refractivity contribution in [1.82, 2.24) is 15.2 Å². The molecule has 1 atom stereocenters. The standard InChI is InChI=1S/C24H42N4O3/c1-24(2,3)28(4)16-26-21(23(29)30)11-13-31-20-14-17(15-20)7-9-19-10-8-18-6-5-12-25-22(18)27-19/h8,10,17,20-21,23,26,29-30H,5-7,9,11-16H2,1-4H3,(H,25,27). The largest absolute Gasteiger partial charge is 0.378 e. The van der Waals surface area contributed by atoms with Crippen LogP contribution in [-0.2, 0) is 17.6 Å². The summed E-state index contributed by atoms with van der Waals surface area (Å²) in [4.78, 5) is 6.94. The van der Waals surface area contributed by atoms with Crippen LogP contribution in [0.4, 0.5) is 5.82 Å². The quantitative estimate of drug-likeness (QED) is 0.398. The number of nitrogens with zero attached hydrogens (tertiary/aromatic N) is 2. The molecule has 0 saturated heterocycles. The number of fused-ring (bicyclic) bond motifs is 1. The number of anilines is 1. The third-order valence-electron chi connectivity index (χ3n) is 6.83. The van der Waals surface area contributed by atoms with Crippen molar-refractivity contribution in [2.45, 2.75) is 89.7 Å². The highest BCUT2D eigenvalue weighted by atomic mass is 16.5. The van der Waals surface area contributed by atoms with Gasteiger partial charge in [0.15, 0.2) is 6.29 Å². The van der Waals surface area contributed by atoms with Crippen molar-refractivity contribution in [3.63, 3.8) is 0 Å². The lowest BCUT2D eigenvalue weighted by molar-refractivity contribution is -0.0868. The number of hydrogen-bond acceptors (Lipinski definition) is 7. The molecule has 1 aromatic heterocycles. The van der Waals surface area contributed by atoms with E-state index in [-0.39, 0.29) is 11.6 Å². The molecule has 7 nitrogen and oxygen atoms in total. The Balaban J connectivity index is 1.30. The van der Waals surface area contributed by atoms with Gasteiger partial charge in [-0.05, 0) is 90.3 Å². The van der Waals surface area contributed by atoms with Gasteiger partial charge in [0.1, 0.15) is 5.82 Å². The van der Waals surface area contributed by atoms with Gasteiger partial charge in [0.2, 0.25) is 0 Å². The van der Waals surface area contributed by atoms with Crippen molar-refractivity contribution >= 4 is 5.82 Å². The highest BCUT2D eigenvalue weighted by molar-refractivity contribution is 5.47. The first-order valence-corrected chi connectivity index (χ1v) is 11.9. The molecule has 31 heavy (non-hydrogen) atoms. The van der Waals surface area contributed by atoms with Crippen molar-refractivity contribution in [2.75, 3.05) is 32.2 Å². The SMILES string of the molecule is CN(CNC(CCOC1CC(CCc2ccc3c(n2)NCCC3)C1)C(O)O)C(C)(C)C. The molecule has 176 valence electrons. The van der Waals surface area contributed by atoms with Gasteiger partial charge in [0.05, 0.1) is 12.1 Å². The average Bonchev–Trinajstić information content (AvgIpc) is 2.69. The van der Waals surface area contributed by atoms with Gasteiger partial charge in [0.25, 0.3) is 0 Å². The van der Waals surface area contributed by atoms with Crippen LogP contribution in [0.2, 0.25) is 0 Å². The van der Waals surface area contributed by atoms with Gasteiger partial charge < -0.3 is 20.3 Å². The minimum absolute atomic E-state index is 0.0283. The van der Waals surface area contributed by atoms with Crippen LogP contribution in [0.3, 0.4) is 0 Å². The van der Waals surface area contributed by atoms with Crippen LogP contribution >= 0.6 is 0 Å². The highest BCUT2D eigenvalue weighted by Gasteiger charge is 2.30. The van der Waals surface area contributed by atoms with Crippen LogP contribution in [0.5, 0.6) is 0 Å². The summed E-state index contributed by atoms with van der Waals surface area (Å²) in [6, 6.07) is 4.03. The lowest BCUT2D eigenvalue weighted by Crippen LogP contribution is -2.50. The molecule has 2 heterocycles. The van der Waals surface area contributed by atoms with Crippen molar-refractivity contribution in [3.05, 3.63) is 23.4 Å². The number of aromatic nitrogens is 1. The van der Waals surface area contributed by atoms with Crippen LogP contribution in [0.1, 0.15) is 64.1 Å². The first-order chi connectivity index (χ1) is 14.7. The maximum Gasteiger partial charge on any atom is 0.167 e. The predicted molar refractivity (Wildman–Crippen MR) is 124 cm³/mol. The van der Waals surface area contributed by atoms with E-state index in [1.165, 1.54) is 17.7 Å². The second kappa shape index (κ2) is 11.1. The van der Waals surface area contributed by atoms with E-state index >= 15 is 0 Å². The van der Waals surface area contributed by atoms with E-state index in [4.69, 9.17) is 9.72 Å². The lowest BCUT2D eigenvalue weighted by Gasteiger charge is -2.36. The number of pyridine rings is 1. The maximum atomic E-state index is 9.67. The monoisotopic (exact) mass is 434 g/mol. The fourth-order valence-electron chi connectivity index (χ4n) is 4.12. The van der Waals surface area contributed by atoms with Crippen LogP contribution in [-0.4, -0.2) is 70.9 Å². The smallest absolute Gasteiger partial charge is 0.167 e. The molecule has 7 heteroatoms. The minimum atomic E-state index is -1.38. The highest BCUT2D eigenvalue weighted by Crippen LogP contribution is 2.34. The Morgan fingerprint density at radius 3 is 2.77 bits per heavy atom. The number of hydrogen-bond donors (Lipinski definition) is 4. The van der Waals surface area contributed by atoms with E-state index in [2.05, 4.69) is 48.4 Å². The fraction of sp³-hybridized carbons (Fsp3) is 0.792. The molecule has 2 aliphatic rings. The molecule has 1 unspecified atom stereocenters. The molecule has 0 spiro atoms. The third kappa shape index (κ3) is 7.39. The molecule has 0 radical (unpaired) electrons. The molecular weight excluding hydrogens is 392 g/mol. The lowest BCUT2D eigenvalue weighted by atomic mass is 9.79. The zero-order chi connectivity index (χ0) is 22.4. The summed E-state index contributed by atoms with van der Waals surface area (Å²) in [5.41, 5.74) is 2.56. The van der Waals surface area contributed by atoms with Crippen LogP contribution in [0.25, 0.3) is 0 Å². The number of nitrogens with one attached hydrogen (secondary N) is 2. The second-order valence-corrected chi connectivity index (χ2v) is 10.2. The van der Waals surface area contributed by atoms with Crippen molar-refractivity contribution in [2.24, 2.45) is 5.92 Å². The summed E-state index contributed by atoms with van der Waals surface area (Å²) in [5, 5.41) is 26.0. The minimum Gasteiger partial charge on any atom is -0.378 e. The molecule has 4 N–H and O–H groups in total. The van der Waals surface area contributed by atoms with Crippen LogP contribution in [0, 0.1) is 5.92 Å². The van der Waals surface area contributed by atoms with Gasteiger partial charge in [-0.2, -0.15) is 0 Å². The van der Waals surface area contributed by atoms with E-state index in [1.54, 1.807) is 0 Å². The van der Waals surface area contributed by atoms with Crippen LogP contribution < -0.4 is 10.6 Å². The summed E-state index contributed by atoms with van der Waals surface area (Å²) in [6.45, 7) is 8.57. The number of aliphatic hydroxyl groups is 2. The zero-order valence-electron chi connectivity index (χ0n) is 19.7. The van der Waals surface area contributed by atoms with Crippen molar-refractivity contribution < 1.29 is 14.9 Å². The summed E-state index contributed by atoms with van der Waals surface area (Å²) in [7, 11) is 2.02.